The van der Waals surface area contributed by atoms with Gasteiger partial charge >= 0.3 is 0 Å². The highest BCUT2D eigenvalue weighted by atomic mass is 79.9. The molecule has 3 heteroatoms. The van der Waals surface area contributed by atoms with Gasteiger partial charge in [-0.3, -0.25) is 0 Å². The summed E-state index contributed by atoms with van der Waals surface area (Å²) in [5, 5.41) is 0. The maximum absolute atomic E-state index is 5.60. The van der Waals surface area contributed by atoms with E-state index in [1.807, 2.05) is 7.11 Å². The standard InChI is InChI=1S/C12H26O.C11H23Br.2C11H22.CH4.B/c1-10(2)7-8-12(5,13-6)9-11(3)4;1-9(2)6-7-11(5,12)8-10(3)4;2*1-9(2)6-7-11(5)8-10(3)4;;/h10-11H,7-9H2,1-6H3;9-10H,6-8H2,1-5H3;2*7,9-10H,6,8H2,1-5H3;1H4;. The molecule has 3 radical (unpaired) electrons. The molecule has 0 fully saturated rings. The smallest absolute Gasteiger partial charge is 0.0653 e. The minimum absolute atomic E-state index is 0. The topological polar surface area (TPSA) is 9.23 Å². The molecule has 0 aromatic carbocycles. The molecule has 49 heavy (non-hydrogen) atoms. The van der Waals surface area contributed by atoms with Gasteiger partial charge in [-0.15, -0.1) is 0 Å². The molecule has 0 aliphatic heterocycles. The molecule has 0 aliphatic rings. The van der Waals surface area contributed by atoms with E-state index in [4.69, 9.17) is 4.74 Å². The predicted molar refractivity (Wildman–Crippen MR) is 238 cm³/mol. The van der Waals surface area contributed by atoms with E-state index in [-0.39, 0.29) is 21.4 Å². The van der Waals surface area contributed by atoms with E-state index in [2.05, 4.69) is 167 Å². The zero-order chi connectivity index (χ0) is 38.0. The first kappa shape index (κ1) is 61.0. The average molecular weight is 757 g/mol. The van der Waals surface area contributed by atoms with Crippen LogP contribution in [0.4, 0.5) is 0 Å². The van der Waals surface area contributed by atoms with Crippen LogP contribution in [0.5, 0.6) is 0 Å². The summed E-state index contributed by atoms with van der Waals surface area (Å²) in [5.74, 6) is 6.33. The number of ether oxygens (including phenoxy) is 1. The second-order valence-electron chi connectivity index (χ2n) is 18.7. The van der Waals surface area contributed by atoms with E-state index >= 15 is 0 Å². The van der Waals surface area contributed by atoms with Gasteiger partial charge in [-0.25, -0.2) is 0 Å². The fraction of sp³-hybridized carbons (Fsp3) is 0.913. The van der Waals surface area contributed by atoms with Gasteiger partial charge in [-0.05, 0) is 139 Å². The van der Waals surface area contributed by atoms with Crippen molar-refractivity contribution in [2.24, 2.45) is 47.3 Å². The van der Waals surface area contributed by atoms with Crippen molar-refractivity contribution in [2.45, 2.75) is 220 Å². The summed E-state index contributed by atoms with van der Waals surface area (Å²) >= 11 is 3.81. The third kappa shape index (κ3) is 54.9. The lowest BCUT2D eigenvalue weighted by Crippen LogP contribution is -2.29. The summed E-state index contributed by atoms with van der Waals surface area (Å²) in [6.07, 6.45) is 17.2. The molecule has 0 amide bonds. The molecule has 0 heterocycles. The van der Waals surface area contributed by atoms with Crippen LogP contribution >= 0.6 is 15.9 Å². The van der Waals surface area contributed by atoms with E-state index in [0.29, 0.717) is 4.32 Å². The predicted octanol–water partition coefficient (Wildman–Crippen LogP) is 16.8. The normalized spacial score (nSPS) is 14.5. The van der Waals surface area contributed by atoms with Crippen LogP contribution in [-0.2, 0) is 4.74 Å². The van der Waals surface area contributed by atoms with Gasteiger partial charge in [-0.1, -0.05) is 157 Å². The minimum Gasteiger partial charge on any atom is -0.379 e. The average Bonchev–Trinajstić information content (AvgIpc) is 2.88. The van der Waals surface area contributed by atoms with Crippen LogP contribution in [0.2, 0.25) is 0 Å². The summed E-state index contributed by atoms with van der Waals surface area (Å²) in [5.41, 5.74) is 3.20. The Labute approximate surface area is 325 Å². The van der Waals surface area contributed by atoms with Crippen LogP contribution in [0.25, 0.3) is 0 Å². The van der Waals surface area contributed by atoms with Crippen molar-refractivity contribution in [3.05, 3.63) is 23.3 Å². The highest BCUT2D eigenvalue weighted by Gasteiger charge is 2.24. The SMILES string of the molecule is C.CC(=CCC(C)C)CC(C)C.CC(=CCC(C)C)CC(C)C.CC(C)CCC(C)(Br)CC(C)C.COC(C)(CCC(C)C)CC(C)C.[B]. The first-order valence-corrected chi connectivity index (χ1v) is 20.6. The second-order valence-corrected chi connectivity index (χ2v) is 20.6. The molecule has 297 valence electrons. The molecule has 2 atom stereocenters. The van der Waals surface area contributed by atoms with Crippen molar-refractivity contribution in [2.75, 3.05) is 7.11 Å². The van der Waals surface area contributed by atoms with Gasteiger partial charge in [-0.2, -0.15) is 0 Å². The van der Waals surface area contributed by atoms with Crippen molar-refractivity contribution >= 4 is 24.3 Å². The van der Waals surface area contributed by atoms with Gasteiger partial charge in [0.25, 0.3) is 0 Å². The maximum atomic E-state index is 5.60. The van der Waals surface area contributed by atoms with E-state index in [1.165, 1.54) is 57.8 Å². The molecule has 0 saturated heterocycles. The summed E-state index contributed by atoms with van der Waals surface area (Å²) < 4.78 is 5.97. The number of alkyl halides is 1. The zero-order valence-corrected chi connectivity index (χ0v) is 38.8. The van der Waals surface area contributed by atoms with E-state index < -0.39 is 0 Å². The number of hydrogen-bond donors (Lipinski definition) is 0. The Kier molecular flexibility index (Phi) is 43.6. The summed E-state index contributed by atoms with van der Waals surface area (Å²) in [6.45, 7) is 45.4. The Morgan fingerprint density at radius 3 is 1.10 bits per heavy atom. The molecular formula is C46H97BBrO. The summed E-state index contributed by atoms with van der Waals surface area (Å²) in [7, 11) is 1.84. The fourth-order valence-electron chi connectivity index (χ4n) is 5.62. The fourth-order valence-corrected chi connectivity index (χ4v) is 6.49. The highest BCUT2D eigenvalue weighted by molar-refractivity contribution is 9.10. The first-order valence-electron chi connectivity index (χ1n) is 19.8. The minimum atomic E-state index is 0. The van der Waals surface area contributed by atoms with Crippen LogP contribution in [0, 0.1) is 47.3 Å². The zero-order valence-electron chi connectivity index (χ0n) is 37.2. The van der Waals surface area contributed by atoms with Gasteiger partial charge < -0.3 is 4.74 Å². The maximum Gasteiger partial charge on any atom is 0.0653 e. The van der Waals surface area contributed by atoms with Gasteiger partial charge in [0, 0.05) is 19.8 Å². The Morgan fingerprint density at radius 2 is 0.857 bits per heavy atom. The number of allylic oxidation sites excluding steroid dienone is 4. The molecule has 0 saturated carbocycles. The van der Waals surface area contributed by atoms with Crippen molar-refractivity contribution in [3.63, 3.8) is 0 Å². The second kappa shape index (κ2) is 35.0. The van der Waals surface area contributed by atoms with Crippen molar-refractivity contribution < 1.29 is 4.74 Å². The molecule has 2 unspecified atom stereocenters. The lowest BCUT2D eigenvalue weighted by atomic mass is 9.87. The van der Waals surface area contributed by atoms with Gasteiger partial charge in [0.2, 0.25) is 0 Å². The lowest BCUT2D eigenvalue weighted by Gasteiger charge is -2.30. The van der Waals surface area contributed by atoms with Crippen LogP contribution in [0.1, 0.15) is 210 Å². The molecule has 0 aromatic rings. The Balaban J connectivity index is -0.000000124. The third-order valence-corrected chi connectivity index (χ3v) is 8.72. The van der Waals surface area contributed by atoms with Gasteiger partial charge in [0.15, 0.2) is 0 Å². The summed E-state index contributed by atoms with van der Waals surface area (Å²) in [6, 6.07) is 0. The van der Waals surface area contributed by atoms with E-state index in [9.17, 15) is 0 Å². The Bertz CT molecular complexity index is 710. The highest BCUT2D eigenvalue weighted by Crippen LogP contribution is 2.32. The molecular weight excluding hydrogens is 659 g/mol. The molecule has 0 aromatic heterocycles. The van der Waals surface area contributed by atoms with E-state index in [0.717, 1.165) is 53.8 Å². The van der Waals surface area contributed by atoms with Gasteiger partial charge in [0.05, 0.1) is 5.60 Å². The number of halogens is 1. The first-order chi connectivity index (χ1) is 21.3. The monoisotopic (exact) mass is 756 g/mol. The molecule has 0 spiro atoms. The Hall–Kier alpha value is -0.0151. The molecule has 0 bridgehead atoms. The van der Waals surface area contributed by atoms with E-state index in [1.54, 1.807) is 11.1 Å². The van der Waals surface area contributed by atoms with Crippen LogP contribution in [-0.4, -0.2) is 25.4 Å². The molecule has 0 rings (SSSR count). The largest absolute Gasteiger partial charge is 0.379 e. The van der Waals surface area contributed by atoms with Crippen molar-refractivity contribution in [3.8, 4) is 0 Å². The number of rotatable bonds is 19. The Morgan fingerprint density at radius 1 is 0.531 bits per heavy atom. The van der Waals surface area contributed by atoms with Crippen molar-refractivity contribution in [1.29, 1.82) is 0 Å². The molecule has 0 aliphatic carbocycles. The van der Waals surface area contributed by atoms with Crippen LogP contribution < -0.4 is 0 Å². The summed E-state index contributed by atoms with van der Waals surface area (Å²) in [4.78, 5) is 0. The van der Waals surface area contributed by atoms with Crippen LogP contribution in [0.3, 0.4) is 0 Å². The number of hydrogen-bond acceptors (Lipinski definition) is 1. The van der Waals surface area contributed by atoms with Gasteiger partial charge in [0.1, 0.15) is 0 Å². The van der Waals surface area contributed by atoms with Crippen molar-refractivity contribution in [1.82, 2.24) is 0 Å². The lowest BCUT2D eigenvalue weighted by molar-refractivity contribution is -0.0210. The number of methoxy groups -OCH3 is 1. The molecule has 1 nitrogen and oxygen atoms in total. The quantitative estimate of drug-likeness (QED) is 0.0724. The third-order valence-electron chi connectivity index (χ3n) is 8.00. The van der Waals surface area contributed by atoms with Crippen LogP contribution in [0.15, 0.2) is 23.3 Å². The molecule has 0 N–H and O–H groups in total.